The molecule has 1 saturated carbocycles. The molecule has 0 heterocycles. The van der Waals surface area contributed by atoms with Gasteiger partial charge in [0.05, 0.1) is 7.11 Å². The third kappa shape index (κ3) is 2.10. The second-order valence-electron chi connectivity index (χ2n) is 5.04. The van der Waals surface area contributed by atoms with Gasteiger partial charge in [0, 0.05) is 11.5 Å². The van der Waals surface area contributed by atoms with Crippen molar-refractivity contribution in [3.63, 3.8) is 0 Å². The van der Waals surface area contributed by atoms with Crippen molar-refractivity contribution in [2.45, 2.75) is 25.3 Å². The predicted molar refractivity (Wildman–Crippen MR) is 70.1 cm³/mol. The zero-order chi connectivity index (χ0) is 13.2. The van der Waals surface area contributed by atoms with E-state index < -0.39 is 0 Å². The van der Waals surface area contributed by atoms with Gasteiger partial charge in [-0.2, -0.15) is 0 Å². The Bertz CT molecular complexity index is 413. The maximum atomic E-state index is 13.8. The highest BCUT2D eigenvalue weighted by Gasteiger charge is 2.43. The van der Waals surface area contributed by atoms with E-state index in [1.807, 2.05) is 13.1 Å². The molecule has 1 unspecified atom stereocenters. The normalized spacial score (nSPS) is 19.1. The number of benzene rings is 1. The number of nitrogens with two attached hydrogens (primary N) is 1. The van der Waals surface area contributed by atoms with E-state index in [4.69, 9.17) is 10.5 Å². The van der Waals surface area contributed by atoms with Crippen molar-refractivity contribution in [1.82, 2.24) is 5.32 Å². The van der Waals surface area contributed by atoms with E-state index >= 15 is 0 Å². The lowest BCUT2D eigenvalue weighted by Crippen LogP contribution is -2.47. The third-order valence-corrected chi connectivity index (χ3v) is 4.17. The Labute approximate surface area is 108 Å². The van der Waals surface area contributed by atoms with Gasteiger partial charge < -0.3 is 15.8 Å². The van der Waals surface area contributed by atoms with Crippen LogP contribution in [0.2, 0.25) is 0 Å². The monoisotopic (exact) mass is 252 g/mol. The molecule has 1 atom stereocenters. The lowest BCUT2D eigenvalue weighted by Gasteiger charge is -2.47. The van der Waals surface area contributed by atoms with E-state index in [1.54, 1.807) is 12.1 Å². The first kappa shape index (κ1) is 13.3. The highest BCUT2D eigenvalue weighted by molar-refractivity contribution is 5.32. The summed E-state index contributed by atoms with van der Waals surface area (Å²) in [6, 6.07) is 5.25. The Morgan fingerprint density at radius 3 is 2.61 bits per heavy atom. The average molecular weight is 252 g/mol. The lowest BCUT2D eigenvalue weighted by molar-refractivity contribution is 0.0878. The van der Waals surface area contributed by atoms with Gasteiger partial charge >= 0.3 is 0 Å². The molecule has 3 nitrogen and oxygen atoms in total. The minimum atomic E-state index is -0.318. The molecule has 1 fully saturated rings. The Kier molecular flexibility index (Phi) is 3.88. The van der Waals surface area contributed by atoms with Crippen LogP contribution in [-0.4, -0.2) is 20.7 Å². The van der Waals surface area contributed by atoms with Gasteiger partial charge in [-0.15, -0.1) is 0 Å². The SMILES string of the molecule is CNC(c1ccc(OC)c(F)c1)C1(CN)CCC1. The molecule has 1 aromatic carbocycles. The molecule has 100 valence electrons. The smallest absolute Gasteiger partial charge is 0.165 e. The van der Waals surface area contributed by atoms with Crippen molar-refractivity contribution in [2.24, 2.45) is 11.1 Å². The number of hydrogen-bond acceptors (Lipinski definition) is 3. The first-order valence-electron chi connectivity index (χ1n) is 6.37. The zero-order valence-corrected chi connectivity index (χ0v) is 11.0. The van der Waals surface area contributed by atoms with Gasteiger partial charge in [0.2, 0.25) is 0 Å². The Balaban J connectivity index is 2.30. The molecule has 3 N–H and O–H groups in total. The topological polar surface area (TPSA) is 47.3 Å². The van der Waals surface area contributed by atoms with Gasteiger partial charge in [-0.1, -0.05) is 12.5 Å². The van der Waals surface area contributed by atoms with Crippen molar-refractivity contribution < 1.29 is 9.13 Å². The van der Waals surface area contributed by atoms with Gasteiger partial charge in [-0.3, -0.25) is 0 Å². The first-order valence-corrected chi connectivity index (χ1v) is 6.37. The van der Waals surface area contributed by atoms with Crippen LogP contribution in [0.25, 0.3) is 0 Å². The molecule has 1 aromatic rings. The van der Waals surface area contributed by atoms with Crippen LogP contribution in [-0.2, 0) is 0 Å². The van der Waals surface area contributed by atoms with E-state index in [1.165, 1.54) is 13.5 Å². The summed E-state index contributed by atoms with van der Waals surface area (Å²) in [6.07, 6.45) is 3.40. The number of nitrogens with one attached hydrogen (secondary N) is 1. The highest BCUT2D eigenvalue weighted by Crippen LogP contribution is 2.49. The molecule has 0 aliphatic heterocycles. The van der Waals surface area contributed by atoms with Crippen LogP contribution in [0.4, 0.5) is 4.39 Å². The highest BCUT2D eigenvalue weighted by atomic mass is 19.1. The van der Waals surface area contributed by atoms with Gasteiger partial charge in [-0.25, -0.2) is 4.39 Å². The number of methoxy groups -OCH3 is 1. The fraction of sp³-hybridized carbons (Fsp3) is 0.571. The van der Waals surface area contributed by atoms with Gasteiger partial charge in [0.15, 0.2) is 11.6 Å². The van der Waals surface area contributed by atoms with Gasteiger partial charge in [0.1, 0.15) is 0 Å². The summed E-state index contributed by atoms with van der Waals surface area (Å²) in [5.74, 6) is -0.0363. The molecular formula is C14H21FN2O. The second-order valence-corrected chi connectivity index (χ2v) is 5.04. The van der Waals surface area contributed by atoms with Gasteiger partial charge in [0.25, 0.3) is 0 Å². The summed E-state index contributed by atoms with van der Waals surface area (Å²) in [6.45, 7) is 0.631. The molecule has 0 saturated heterocycles. The van der Waals surface area contributed by atoms with Crippen LogP contribution in [0.1, 0.15) is 30.9 Å². The van der Waals surface area contributed by atoms with Crippen molar-refractivity contribution in [2.75, 3.05) is 20.7 Å². The molecule has 18 heavy (non-hydrogen) atoms. The maximum absolute atomic E-state index is 13.8. The summed E-state index contributed by atoms with van der Waals surface area (Å²) in [5, 5.41) is 3.29. The Morgan fingerprint density at radius 1 is 1.50 bits per heavy atom. The van der Waals surface area contributed by atoms with Crippen LogP contribution >= 0.6 is 0 Å². The minimum absolute atomic E-state index is 0.0791. The third-order valence-electron chi connectivity index (χ3n) is 4.17. The van der Waals surface area contributed by atoms with E-state index in [2.05, 4.69) is 5.32 Å². The van der Waals surface area contributed by atoms with Crippen LogP contribution in [0, 0.1) is 11.2 Å². The Hall–Kier alpha value is -1.13. The van der Waals surface area contributed by atoms with Crippen LogP contribution in [0.5, 0.6) is 5.75 Å². The molecule has 0 bridgehead atoms. The largest absolute Gasteiger partial charge is 0.494 e. The summed E-state index contributed by atoms with van der Waals surface area (Å²) in [4.78, 5) is 0. The molecular weight excluding hydrogens is 231 g/mol. The molecule has 0 aromatic heterocycles. The fourth-order valence-electron chi connectivity index (χ4n) is 2.93. The van der Waals surface area contributed by atoms with Gasteiger partial charge in [-0.05, 0) is 44.1 Å². The molecule has 1 aliphatic rings. The fourth-order valence-corrected chi connectivity index (χ4v) is 2.93. The average Bonchev–Trinajstić information content (AvgIpc) is 2.33. The molecule has 2 rings (SSSR count). The molecule has 0 amide bonds. The van der Waals surface area contributed by atoms with E-state index in [0.717, 1.165) is 18.4 Å². The van der Waals surface area contributed by atoms with Crippen LogP contribution in [0.3, 0.4) is 0 Å². The first-order chi connectivity index (χ1) is 8.66. The van der Waals surface area contributed by atoms with E-state index in [0.29, 0.717) is 6.54 Å². The molecule has 4 heteroatoms. The minimum Gasteiger partial charge on any atom is -0.494 e. The van der Waals surface area contributed by atoms with Crippen molar-refractivity contribution in [3.8, 4) is 5.75 Å². The molecule has 0 spiro atoms. The van der Waals surface area contributed by atoms with Crippen molar-refractivity contribution in [3.05, 3.63) is 29.6 Å². The number of ether oxygens (including phenoxy) is 1. The zero-order valence-electron chi connectivity index (χ0n) is 11.0. The number of halogens is 1. The summed E-state index contributed by atoms with van der Waals surface area (Å²) >= 11 is 0. The Morgan fingerprint density at radius 2 is 2.22 bits per heavy atom. The number of rotatable bonds is 5. The standard InChI is InChI=1S/C14H21FN2O/c1-17-13(14(9-16)6-3-7-14)10-4-5-12(18-2)11(15)8-10/h4-5,8,13,17H,3,6-7,9,16H2,1-2H3. The molecule has 1 aliphatic carbocycles. The number of hydrogen-bond donors (Lipinski definition) is 2. The van der Waals surface area contributed by atoms with Crippen molar-refractivity contribution in [1.29, 1.82) is 0 Å². The van der Waals surface area contributed by atoms with Crippen LogP contribution in [0.15, 0.2) is 18.2 Å². The summed E-state index contributed by atoms with van der Waals surface area (Å²) in [7, 11) is 3.38. The summed E-state index contributed by atoms with van der Waals surface area (Å²) < 4.78 is 18.7. The van der Waals surface area contributed by atoms with Crippen LogP contribution < -0.4 is 15.8 Å². The summed E-state index contributed by atoms with van der Waals surface area (Å²) in [5.41, 5.74) is 6.94. The maximum Gasteiger partial charge on any atom is 0.165 e. The van der Waals surface area contributed by atoms with E-state index in [-0.39, 0.29) is 23.0 Å². The second kappa shape index (κ2) is 5.24. The van der Waals surface area contributed by atoms with E-state index in [9.17, 15) is 4.39 Å². The predicted octanol–water partition coefficient (Wildman–Crippen LogP) is 2.22. The lowest BCUT2D eigenvalue weighted by atomic mass is 9.62. The molecule has 0 radical (unpaired) electrons. The quantitative estimate of drug-likeness (QED) is 0.844. The van der Waals surface area contributed by atoms with Crippen molar-refractivity contribution >= 4 is 0 Å².